The molecule has 3 aromatic rings. The molecule has 0 saturated carbocycles. The van der Waals surface area contributed by atoms with E-state index in [4.69, 9.17) is 17.4 Å². The van der Waals surface area contributed by atoms with Crippen molar-refractivity contribution >= 4 is 47.1 Å². The monoisotopic (exact) mass is 429 g/mol. The van der Waals surface area contributed by atoms with Crippen LogP contribution < -0.4 is 16.6 Å². The fourth-order valence-corrected chi connectivity index (χ4v) is 3.30. The van der Waals surface area contributed by atoms with E-state index in [1.165, 1.54) is 16.4 Å². The maximum absolute atomic E-state index is 12.2. The summed E-state index contributed by atoms with van der Waals surface area (Å²) >= 11 is 7.25. The maximum atomic E-state index is 12.2. The molecule has 0 spiro atoms. The van der Waals surface area contributed by atoms with E-state index in [0.717, 1.165) is 22.4 Å². The van der Waals surface area contributed by atoms with Crippen LogP contribution in [0.5, 0.6) is 0 Å². The summed E-state index contributed by atoms with van der Waals surface area (Å²) in [4.78, 5) is 12.2. The van der Waals surface area contributed by atoms with Crippen LogP contribution in [0.15, 0.2) is 52.7 Å². The smallest absolute Gasteiger partial charge is 0.264 e. The van der Waals surface area contributed by atoms with Gasteiger partial charge < -0.3 is 11.2 Å². The Balaban J connectivity index is 1.55. The minimum Gasteiger partial charge on any atom is -0.334 e. The van der Waals surface area contributed by atoms with Crippen molar-refractivity contribution in [1.82, 2.24) is 14.9 Å². The first-order valence-electron chi connectivity index (χ1n) is 8.68. The molecule has 0 fully saturated rings. The number of thioether (sulfide) groups is 1. The Labute approximate surface area is 177 Å². The van der Waals surface area contributed by atoms with Gasteiger partial charge in [-0.3, -0.25) is 4.79 Å². The molecule has 0 aliphatic rings. The number of halogens is 1. The van der Waals surface area contributed by atoms with Gasteiger partial charge in [0, 0.05) is 16.3 Å². The second kappa shape index (κ2) is 9.44. The van der Waals surface area contributed by atoms with Crippen molar-refractivity contribution in [1.29, 1.82) is 0 Å². The number of amides is 1. The number of nitrogen functional groups attached to an aromatic ring is 1. The molecule has 8 nitrogen and oxygen atoms in total. The summed E-state index contributed by atoms with van der Waals surface area (Å²) in [7, 11) is 0. The number of nitrogens with two attached hydrogens (primary N) is 1. The predicted octanol–water partition coefficient (Wildman–Crippen LogP) is 3.44. The number of nitrogens with zero attached hydrogens (tertiary/aromatic N) is 4. The quantitative estimate of drug-likeness (QED) is 0.229. The second-order valence-electron chi connectivity index (χ2n) is 6.22. The molecule has 0 radical (unpaired) electrons. The van der Waals surface area contributed by atoms with Crippen molar-refractivity contribution in [2.24, 2.45) is 5.10 Å². The Morgan fingerprint density at radius 1 is 1.28 bits per heavy atom. The molecule has 3 rings (SSSR count). The van der Waals surface area contributed by atoms with E-state index in [9.17, 15) is 4.79 Å². The Hall–Kier alpha value is -3.04. The van der Waals surface area contributed by atoms with Gasteiger partial charge in [0.15, 0.2) is 0 Å². The van der Waals surface area contributed by atoms with E-state index < -0.39 is 0 Å². The number of nitrogens with one attached hydrogen (secondary N) is 2. The van der Waals surface area contributed by atoms with Gasteiger partial charge in [0.2, 0.25) is 11.1 Å². The first kappa shape index (κ1) is 20.7. The first-order chi connectivity index (χ1) is 13.9. The summed E-state index contributed by atoms with van der Waals surface area (Å²) in [5, 5.41) is 15.8. The summed E-state index contributed by atoms with van der Waals surface area (Å²) in [6.45, 7) is 3.96. The number of benzene rings is 2. The minimum atomic E-state index is -0.156. The lowest BCUT2D eigenvalue weighted by Gasteiger charge is -2.08. The van der Waals surface area contributed by atoms with Crippen LogP contribution in [0, 0.1) is 13.8 Å². The molecular weight excluding hydrogens is 410 g/mol. The summed E-state index contributed by atoms with van der Waals surface area (Å²) in [5.41, 5.74) is 6.40. The van der Waals surface area contributed by atoms with Crippen LogP contribution in [0.4, 0.5) is 11.6 Å². The van der Waals surface area contributed by atoms with E-state index in [1.807, 2.05) is 50.2 Å². The second-order valence-corrected chi connectivity index (χ2v) is 7.57. The predicted molar refractivity (Wildman–Crippen MR) is 118 cm³/mol. The van der Waals surface area contributed by atoms with E-state index in [2.05, 4.69) is 26.0 Å². The van der Waals surface area contributed by atoms with Crippen molar-refractivity contribution in [3.63, 3.8) is 0 Å². The molecule has 0 saturated heterocycles. The lowest BCUT2D eigenvalue weighted by Crippen LogP contribution is -2.17. The SMILES string of the molecule is Cc1ccc(NC(=O)CSc2nnc(N/N=C/c3ccccc3Cl)n2N)c(C)c1. The van der Waals surface area contributed by atoms with Crippen molar-refractivity contribution in [3.05, 3.63) is 64.2 Å². The molecule has 1 aromatic heterocycles. The van der Waals surface area contributed by atoms with E-state index >= 15 is 0 Å². The van der Waals surface area contributed by atoms with Gasteiger partial charge in [0.25, 0.3) is 5.95 Å². The van der Waals surface area contributed by atoms with Crippen molar-refractivity contribution in [2.75, 3.05) is 22.3 Å². The zero-order chi connectivity index (χ0) is 20.8. The number of carbonyl (C=O) groups is 1. The molecule has 0 unspecified atom stereocenters. The van der Waals surface area contributed by atoms with Gasteiger partial charge in [-0.15, -0.1) is 10.2 Å². The van der Waals surface area contributed by atoms with Gasteiger partial charge in [-0.1, -0.05) is 59.3 Å². The number of hydrogen-bond acceptors (Lipinski definition) is 7. The Bertz CT molecular complexity index is 1050. The number of aryl methyl sites for hydroxylation is 2. The zero-order valence-electron chi connectivity index (χ0n) is 15.9. The number of anilines is 2. The Morgan fingerprint density at radius 2 is 2.07 bits per heavy atom. The van der Waals surface area contributed by atoms with Crippen LogP contribution in [-0.2, 0) is 4.79 Å². The van der Waals surface area contributed by atoms with Crippen molar-refractivity contribution in [2.45, 2.75) is 19.0 Å². The van der Waals surface area contributed by atoms with E-state index in [-0.39, 0.29) is 17.6 Å². The molecule has 2 aromatic carbocycles. The minimum absolute atomic E-state index is 0.144. The van der Waals surface area contributed by atoms with Crippen LogP contribution in [0.3, 0.4) is 0 Å². The van der Waals surface area contributed by atoms with Gasteiger partial charge in [-0.25, -0.2) is 10.1 Å². The van der Waals surface area contributed by atoms with Crippen LogP contribution in [-0.4, -0.2) is 32.7 Å². The molecule has 1 amide bonds. The number of hydrogen-bond donors (Lipinski definition) is 3. The number of carbonyl (C=O) groups excluding carboxylic acids is 1. The van der Waals surface area contributed by atoms with Gasteiger partial charge in [0.05, 0.1) is 12.0 Å². The fraction of sp³-hybridized carbons (Fsp3) is 0.158. The molecule has 10 heteroatoms. The summed E-state index contributed by atoms with van der Waals surface area (Å²) in [5.74, 6) is 6.20. The van der Waals surface area contributed by atoms with Crippen molar-refractivity contribution < 1.29 is 4.79 Å². The zero-order valence-corrected chi connectivity index (χ0v) is 17.5. The molecule has 4 N–H and O–H groups in total. The van der Waals surface area contributed by atoms with Crippen LogP contribution in [0.1, 0.15) is 16.7 Å². The van der Waals surface area contributed by atoms with Gasteiger partial charge in [-0.2, -0.15) is 5.10 Å². The van der Waals surface area contributed by atoms with Crippen molar-refractivity contribution in [3.8, 4) is 0 Å². The number of hydrazone groups is 1. The summed E-state index contributed by atoms with van der Waals surface area (Å²) in [6.07, 6.45) is 1.56. The highest BCUT2D eigenvalue weighted by Gasteiger charge is 2.12. The van der Waals surface area contributed by atoms with Crippen LogP contribution in [0.25, 0.3) is 0 Å². The maximum Gasteiger partial charge on any atom is 0.264 e. The molecule has 1 heterocycles. The fourth-order valence-electron chi connectivity index (χ4n) is 2.46. The lowest BCUT2D eigenvalue weighted by atomic mass is 10.1. The average Bonchev–Trinajstić information content (AvgIpc) is 3.04. The van der Waals surface area contributed by atoms with E-state index in [0.29, 0.717) is 10.2 Å². The van der Waals surface area contributed by atoms with Gasteiger partial charge in [0.1, 0.15) is 0 Å². The molecule has 0 aliphatic heterocycles. The third-order valence-electron chi connectivity index (χ3n) is 3.93. The van der Waals surface area contributed by atoms with Gasteiger partial charge in [-0.05, 0) is 31.5 Å². The van der Waals surface area contributed by atoms with Gasteiger partial charge >= 0.3 is 0 Å². The Kier molecular flexibility index (Phi) is 6.73. The summed E-state index contributed by atoms with van der Waals surface area (Å²) in [6, 6.07) is 13.1. The molecule has 29 heavy (non-hydrogen) atoms. The largest absolute Gasteiger partial charge is 0.334 e. The summed E-state index contributed by atoms with van der Waals surface area (Å²) < 4.78 is 1.24. The third kappa shape index (κ3) is 5.49. The number of aromatic nitrogens is 3. The Morgan fingerprint density at radius 3 is 2.83 bits per heavy atom. The third-order valence-corrected chi connectivity index (χ3v) is 5.21. The molecular formula is C19H20ClN7OS. The van der Waals surface area contributed by atoms with Crippen LogP contribution >= 0.6 is 23.4 Å². The highest BCUT2D eigenvalue weighted by molar-refractivity contribution is 7.99. The molecule has 150 valence electrons. The van der Waals surface area contributed by atoms with E-state index in [1.54, 1.807) is 12.3 Å². The topological polar surface area (TPSA) is 110 Å². The highest BCUT2D eigenvalue weighted by atomic mass is 35.5. The standard InChI is InChI=1S/C19H20ClN7OS/c1-12-7-8-16(13(2)9-12)23-17(28)11-29-19-26-25-18(27(19)21)24-22-10-14-5-3-4-6-15(14)20/h3-10H,11,21H2,1-2H3,(H,23,28)(H,24,25)/b22-10+. The average molecular weight is 430 g/mol. The lowest BCUT2D eigenvalue weighted by molar-refractivity contribution is -0.113. The number of rotatable bonds is 7. The molecule has 0 bridgehead atoms. The molecule has 0 aliphatic carbocycles. The normalized spacial score (nSPS) is 11.0. The van der Waals surface area contributed by atoms with Crippen LogP contribution in [0.2, 0.25) is 5.02 Å². The first-order valence-corrected chi connectivity index (χ1v) is 10.0. The molecule has 0 atom stereocenters. The highest BCUT2D eigenvalue weighted by Crippen LogP contribution is 2.19.